The Morgan fingerprint density at radius 2 is 1.92 bits per heavy atom. The molecule has 0 radical (unpaired) electrons. The molecule has 0 saturated heterocycles. The SMILES string of the molecule is CC(C)[C@H]1CC[C@H](C)C[C@@H]1O.[H-].[Na+]. The van der Waals surface area contributed by atoms with Gasteiger partial charge in [0.1, 0.15) is 0 Å². The van der Waals surface area contributed by atoms with E-state index < -0.39 is 0 Å². The summed E-state index contributed by atoms with van der Waals surface area (Å²) in [4.78, 5) is 0. The van der Waals surface area contributed by atoms with E-state index >= 15 is 0 Å². The topological polar surface area (TPSA) is 20.2 Å². The maximum absolute atomic E-state index is 9.71. The van der Waals surface area contributed by atoms with Crippen LogP contribution in [0.3, 0.4) is 0 Å². The van der Waals surface area contributed by atoms with Gasteiger partial charge in [0.25, 0.3) is 0 Å². The molecule has 0 heterocycles. The monoisotopic (exact) mass is 180 g/mol. The molecule has 1 saturated carbocycles. The average molecular weight is 180 g/mol. The molecule has 1 aliphatic carbocycles. The van der Waals surface area contributed by atoms with Crippen molar-refractivity contribution in [2.24, 2.45) is 17.8 Å². The Labute approximate surface area is 99.7 Å². The van der Waals surface area contributed by atoms with E-state index in [9.17, 15) is 5.11 Å². The molecule has 0 amide bonds. The quantitative estimate of drug-likeness (QED) is 0.542. The van der Waals surface area contributed by atoms with Crippen LogP contribution in [0, 0.1) is 17.8 Å². The van der Waals surface area contributed by atoms with E-state index in [4.69, 9.17) is 0 Å². The number of aliphatic hydroxyl groups excluding tert-OH is 1. The smallest absolute Gasteiger partial charge is 1.00 e. The van der Waals surface area contributed by atoms with Gasteiger partial charge in [0.15, 0.2) is 0 Å². The summed E-state index contributed by atoms with van der Waals surface area (Å²) in [7, 11) is 0. The van der Waals surface area contributed by atoms with Gasteiger partial charge >= 0.3 is 29.6 Å². The van der Waals surface area contributed by atoms with Crippen molar-refractivity contribution in [2.45, 2.75) is 46.1 Å². The van der Waals surface area contributed by atoms with Crippen LogP contribution < -0.4 is 29.6 Å². The number of rotatable bonds is 1. The molecular weight excluding hydrogens is 159 g/mol. The van der Waals surface area contributed by atoms with Crippen molar-refractivity contribution in [1.82, 2.24) is 0 Å². The van der Waals surface area contributed by atoms with Crippen molar-refractivity contribution < 1.29 is 36.1 Å². The minimum Gasteiger partial charge on any atom is -1.00 e. The molecule has 2 heteroatoms. The van der Waals surface area contributed by atoms with E-state index in [2.05, 4.69) is 20.8 Å². The Hall–Kier alpha value is 0.960. The zero-order valence-electron chi connectivity index (χ0n) is 9.88. The van der Waals surface area contributed by atoms with Crippen LogP contribution in [0.2, 0.25) is 0 Å². The molecule has 68 valence electrons. The largest absolute Gasteiger partial charge is 1.00 e. The van der Waals surface area contributed by atoms with Gasteiger partial charge in [-0.15, -0.1) is 0 Å². The molecule has 3 atom stereocenters. The third kappa shape index (κ3) is 3.37. The van der Waals surface area contributed by atoms with E-state index in [0.29, 0.717) is 11.8 Å². The average Bonchev–Trinajstić information content (AvgIpc) is 1.85. The normalized spacial score (nSPS) is 36.2. The van der Waals surface area contributed by atoms with Crippen LogP contribution >= 0.6 is 0 Å². The standard InChI is InChI=1S/C10H20O.Na.H/c1-7(2)9-5-4-8(3)6-10(9)11;;/h7-11H,4-6H2,1-3H3;;/q;+1;-1/t8-,9+,10-;;/m0../s1. The summed E-state index contributed by atoms with van der Waals surface area (Å²) in [6.07, 6.45) is 3.52. The van der Waals surface area contributed by atoms with E-state index in [1.54, 1.807) is 0 Å². The van der Waals surface area contributed by atoms with Gasteiger partial charge in [0, 0.05) is 0 Å². The van der Waals surface area contributed by atoms with E-state index in [1.807, 2.05) is 0 Å². The van der Waals surface area contributed by atoms with Crippen LogP contribution in [0.4, 0.5) is 0 Å². The summed E-state index contributed by atoms with van der Waals surface area (Å²) in [6.45, 7) is 6.66. The van der Waals surface area contributed by atoms with Gasteiger partial charge in [-0.25, -0.2) is 0 Å². The summed E-state index contributed by atoms with van der Waals surface area (Å²) < 4.78 is 0. The van der Waals surface area contributed by atoms with Gasteiger partial charge in [0.05, 0.1) is 6.10 Å². The molecule has 12 heavy (non-hydrogen) atoms. The molecular formula is C10H21NaO. The number of hydrogen-bond donors (Lipinski definition) is 1. The Morgan fingerprint density at radius 1 is 1.33 bits per heavy atom. The first-order valence-corrected chi connectivity index (χ1v) is 4.79. The molecule has 1 nitrogen and oxygen atoms in total. The van der Waals surface area contributed by atoms with Crippen molar-refractivity contribution in [3.8, 4) is 0 Å². The fourth-order valence-electron chi connectivity index (χ4n) is 2.15. The zero-order valence-corrected chi connectivity index (χ0v) is 10.9. The van der Waals surface area contributed by atoms with Gasteiger partial charge in [-0.2, -0.15) is 0 Å². The van der Waals surface area contributed by atoms with Gasteiger partial charge in [-0.05, 0) is 30.6 Å². The van der Waals surface area contributed by atoms with Crippen LogP contribution in [0.15, 0.2) is 0 Å². The first-order valence-electron chi connectivity index (χ1n) is 4.79. The Morgan fingerprint density at radius 3 is 2.33 bits per heavy atom. The van der Waals surface area contributed by atoms with Crippen LogP contribution in [0.25, 0.3) is 0 Å². The van der Waals surface area contributed by atoms with Crippen molar-refractivity contribution in [3.05, 3.63) is 0 Å². The molecule has 1 N–H and O–H groups in total. The third-order valence-corrected chi connectivity index (χ3v) is 2.99. The minimum absolute atomic E-state index is 0. The zero-order chi connectivity index (χ0) is 8.43. The third-order valence-electron chi connectivity index (χ3n) is 2.99. The Kier molecular flexibility index (Phi) is 6.09. The first-order chi connectivity index (χ1) is 5.11. The molecule has 1 fully saturated rings. The van der Waals surface area contributed by atoms with E-state index in [-0.39, 0.29) is 37.1 Å². The van der Waals surface area contributed by atoms with Gasteiger partial charge in [-0.1, -0.05) is 27.2 Å². The van der Waals surface area contributed by atoms with E-state index in [0.717, 1.165) is 12.3 Å². The number of hydrogen-bond acceptors (Lipinski definition) is 1. The maximum Gasteiger partial charge on any atom is 1.00 e. The Bertz CT molecular complexity index is 130. The summed E-state index contributed by atoms with van der Waals surface area (Å²) >= 11 is 0. The molecule has 1 aliphatic rings. The summed E-state index contributed by atoms with van der Waals surface area (Å²) in [6, 6.07) is 0. The van der Waals surface area contributed by atoms with Crippen molar-refractivity contribution in [1.29, 1.82) is 0 Å². The van der Waals surface area contributed by atoms with Gasteiger partial charge in [0.2, 0.25) is 0 Å². The molecule has 0 aromatic heterocycles. The summed E-state index contributed by atoms with van der Waals surface area (Å²) in [5.74, 6) is 1.95. The molecule has 0 bridgehead atoms. The second-order valence-electron chi connectivity index (χ2n) is 4.39. The molecule has 0 spiro atoms. The molecule has 0 unspecified atom stereocenters. The van der Waals surface area contributed by atoms with Crippen molar-refractivity contribution in [2.75, 3.05) is 0 Å². The van der Waals surface area contributed by atoms with Gasteiger partial charge < -0.3 is 6.53 Å². The fraction of sp³-hybridized carbons (Fsp3) is 1.00. The van der Waals surface area contributed by atoms with Crippen LogP contribution in [-0.4, -0.2) is 11.2 Å². The van der Waals surface area contributed by atoms with Crippen LogP contribution in [0.1, 0.15) is 41.5 Å². The fourth-order valence-corrected chi connectivity index (χ4v) is 2.15. The Balaban J connectivity index is 0. The van der Waals surface area contributed by atoms with Crippen molar-refractivity contribution >= 4 is 0 Å². The van der Waals surface area contributed by atoms with Gasteiger partial charge in [-0.3, -0.25) is 0 Å². The summed E-state index contributed by atoms with van der Waals surface area (Å²) in [5, 5.41) is 9.71. The van der Waals surface area contributed by atoms with Crippen molar-refractivity contribution in [3.63, 3.8) is 0 Å². The van der Waals surface area contributed by atoms with Crippen LogP contribution in [-0.2, 0) is 0 Å². The maximum atomic E-state index is 9.71. The molecule has 1 rings (SSSR count). The predicted octanol–water partition coefficient (Wildman–Crippen LogP) is -0.444. The predicted molar refractivity (Wildman–Crippen MR) is 48.5 cm³/mol. The van der Waals surface area contributed by atoms with E-state index in [1.165, 1.54) is 12.8 Å². The molecule has 0 aromatic rings. The molecule has 0 aliphatic heterocycles. The second kappa shape index (κ2) is 5.64. The second-order valence-corrected chi connectivity index (χ2v) is 4.39. The minimum atomic E-state index is -0.0289. The summed E-state index contributed by atoms with van der Waals surface area (Å²) in [5.41, 5.74) is 0. The first kappa shape index (κ1) is 13.0. The van der Waals surface area contributed by atoms with Crippen LogP contribution in [0.5, 0.6) is 0 Å². The molecule has 0 aromatic carbocycles. The number of aliphatic hydroxyl groups is 1.